The third-order valence-electron chi connectivity index (χ3n) is 1.42. The van der Waals surface area contributed by atoms with E-state index in [-0.39, 0.29) is 0 Å². The van der Waals surface area contributed by atoms with E-state index in [4.69, 9.17) is 0 Å². The fourth-order valence-corrected chi connectivity index (χ4v) is 2.10. The average Bonchev–Trinajstić information content (AvgIpc) is 1.85. The first-order chi connectivity index (χ1) is 5.09. The van der Waals surface area contributed by atoms with Gasteiger partial charge in [0.2, 0.25) is 0 Å². The number of nitrogens with zero attached hydrogens (tertiary/aromatic N) is 1. The molecule has 0 aliphatic rings. The molecule has 1 nitrogen and oxygen atoms in total. The number of hydrogen-bond acceptors (Lipinski definition) is 0. The number of hydrogen-bond donors (Lipinski definition) is 0. The first kappa shape index (κ1) is 9.20. The molecule has 0 aliphatic carbocycles. The Balaban J connectivity index is 3.08. The maximum atomic E-state index is 3.43. The van der Waals surface area contributed by atoms with Crippen LogP contribution in [0.25, 0.3) is 0 Å². The Bertz CT molecular complexity index is 238. The zero-order chi connectivity index (χ0) is 8.43. The van der Waals surface area contributed by atoms with Crippen molar-refractivity contribution in [1.29, 1.82) is 0 Å². The summed E-state index contributed by atoms with van der Waals surface area (Å²) in [4.78, 5) is 0. The SMILES string of the molecule is CC(C)[n+]1cc(Br)cc(Br)c1. The zero-order valence-electron chi connectivity index (χ0n) is 6.51. The Labute approximate surface area is 83.7 Å². The molecule has 0 unspecified atom stereocenters. The highest BCUT2D eigenvalue weighted by molar-refractivity contribution is 9.11. The van der Waals surface area contributed by atoms with Crippen LogP contribution in [-0.4, -0.2) is 0 Å². The minimum atomic E-state index is 0.504. The number of halogens is 2. The van der Waals surface area contributed by atoms with Crippen molar-refractivity contribution in [1.82, 2.24) is 0 Å². The molecule has 0 radical (unpaired) electrons. The molecular formula is C8H10Br2N+. The van der Waals surface area contributed by atoms with Gasteiger partial charge in [-0.15, -0.1) is 0 Å². The summed E-state index contributed by atoms with van der Waals surface area (Å²) in [5.74, 6) is 0. The van der Waals surface area contributed by atoms with Crippen LogP contribution in [0.3, 0.4) is 0 Å². The fourth-order valence-electron chi connectivity index (χ4n) is 0.826. The summed E-state index contributed by atoms with van der Waals surface area (Å²) in [6.07, 6.45) is 4.13. The van der Waals surface area contributed by atoms with Crippen LogP contribution < -0.4 is 4.57 Å². The van der Waals surface area contributed by atoms with E-state index in [0.717, 1.165) is 8.95 Å². The third-order valence-corrected chi connectivity index (χ3v) is 2.28. The van der Waals surface area contributed by atoms with Gasteiger partial charge in [-0.1, -0.05) is 0 Å². The second-order valence-electron chi connectivity index (χ2n) is 2.71. The largest absolute Gasteiger partial charge is 0.201 e. The van der Waals surface area contributed by atoms with Crippen molar-refractivity contribution >= 4 is 31.9 Å². The van der Waals surface area contributed by atoms with E-state index in [0.29, 0.717) is 6.04 Å². The number of aromatic nitrogens is 1. The predicted octanol–water partition coefficient (Wildman–Crippen LogP) is 3.08. The Morgan fingerprint density at radius 2 is 1.64 bits per heavy atom. The molecule has 0 aromatic carbocycles. The maximum absolute atomic E-state index is 3.43. The zero-order valence-corrected chi connectivity index (χ0v) is 9.68. The summed E-state index contributed by atoms with van der Waals surface area (Å²) in [7, 11) is 0. The van der Waals surface area contributed by atoms with E-state index in [1.165, 1.54) is 0 Å². The normalized spacial score (nSPS) is 10.6. The van der Waals surface area contributed by atoms with Crippen LogP contribution in [0.1, 0.15) is 19.9 Å². The van der Waals surface area contributed by atoms with Gasteiger partial charge in [0.25, 0.3) is 0 Å². The van der Waals surface area contributed by atoms with Gasteiger partial charge in [0, 0.05) is 0 Å². The van der Waals surface area contributed by atoms with E-state index in [9.17, 15) is 0 Å². The topological polar surface area (TPSA) is 3.88 Å². The smallest absolute Gasteiger partial charge is 0.183 e. The van der Waals surface area contributed by atoms with Gasteiger partial charge in [-0.05, 0) is 51.8 Å². The molecule has 0 aliphatic heterocycles. The van der Waals surface area contributed by atoms with E-state index < -0.39 is 0 Å². The van der Waals surface area contributed by atoms with Crippen LogP contribution in [-0.2, 0) is 0 Å². The fraction of sp³-hybridized carbons (Fsp3) is 0.375. The molecule has 0 amide bonds. The molecule has 0 fully saturated rings. The molecule has 0 bridgehead atoms. The third kappa shape index (κ3) is 2.56. The second kappa shape index (κ2) is 3.68. The first-order valence-electron chi connectivity index (χ1n) is 3.46. The van der Waals surface area contributed by atoms with Crippen LogP contribution >= 0.6 is 31.9 Å². The van der Waals surface area contributed by atoms with Crippen molar-refractivity contribution in [2.24, 2.45) is 0 Å². The lowest BCUT2D eigenvalue weighted by molar-refractivity contribution is -0.717. The van der Waals surface area contributed by atoms with E-state index >= 15 is 0 Å². The number of rotatable bonds is 1. The number of pyridine rings is 1. The predicted molar refractivity (Wildman–Crippen MR) is 52.4 cm³/mol. The van der Waals surface area contributed by atoms with Crippen LogP contribution in [0.4, 0.5) is 0 Å². The first-order valence-corrected chi connectivity index (χ1v) is 5.05. The van der Waals surface area contributed by atoms with Crippen LogP contribution in [0.2, 0.25) is 0 Å². The lowest BCUT2D eigenvalue weighted by Crippen LogP contribution is -2.35. The molecule has 1 aromatic heterocycles. The van der Waals surface area contributed by atoms with Gasteiger partial charge in [0.15, 0.2) is 18.4 Å². The highest BCUT2D eigenvalue weighted by atomic mass is 79.9. The molecule has 0 spiro atoms. The highest BCUT2D eigenvalue weighted by Crippen LogP contribution is 2.14. The molecule has 1 heterocycles. The van der Waals surface area contributed by atoms with Gasteiger partial charge in [-0.25, -0.2) is 4.57 Å². The van der Waals surface area contributed by atoms with Crippen LogP contribution in [0.5, 0.6) is 0 Å². The molecule has 1 aromatic rings. The summed E-state index contributed by atoms with van der Waals surface area (Å²) >= 11 is 6.86. The van der Waals surface area contributed by atoms with Crippen molar-refractivity contribution in [3.8, 4) is 0 Å². The van der Waals surface area contributed by atoms with E-state index in [1.807, 2.05) is 6.07 Å². The lowest BCUT2D eigenvalue weighted by Gasteiger charge is -2.00. The molecule has 0 saturated heterocycles. The average molecular weight is 280 g/mol. The van der Waals surface area contributed by atoms with Crippen molar-refractivity contribution in [3.63, 3.8) is 0 Å². The van der Waals surface area contributed by atoms with E-state index in [1.54, 1.807) is 0 Å². The quantitative estimate of drug-likeness (QED) is 0.696. The van der Waals surface area contributed by atoms with Crippen molar-refractivity contribution in [3.05, 3.63) is 27.4 Å². The Kier molecular flexibility index (Phi) is 3.07. The minimum Gasteiger partial charge on any atom is -0.201 e. The summed E-state index contributed by atoms with van der Waals surface area (Å²) in [6, 6.07) is 2.53. The van der Waals surface area contributed by atoms with Crippen molar-refractivity contribution < 1.29 is 4.57 Å². The monoisotopic (exact) mass is 278 g/mol. The summed E-state index contributed by atoms with van der Waals surface area (Å²) in [5.41, 5.74) is 0. The molecule has 60 valence electrons. The van der Waals surface area contributed by atoms with Crippen LogP contribution in [0, 0.1) is 0 Å². The summed E-state index contributed by atoms with van der Waals surface area (Å²) in [5, 5.41) is 0. The molecule has 1 rings (SSSR count). The minimum absolute atomic E-state index is 0.504. The molecule has 0 saturated carbocycles. The summed E-state index contributed by atoms with van der Waals surface area (Å²) in [6.45, 7) is 4.30. The molecule has 0 atom stereocenters. The highest BCUT2D eigenvalue weighted by Gasteiger charge is 2.07. The van der Waals surface area contributed by atoms with Gasteiger partial charge in [-0.2, -0.15) is 0 Å². The molecular weight excluding hydrogens is 270 g/mol. The lowest BCUT2D eigenvalue weighted by atomic mass is 10.3. The van der Waals surface area contributed by atoms with Crippen molar-refractivity contribution in [2.75, 3.05) is 0 Å². The molecule has 3 heteroatoms. The standard InChI is InChI=1S/C8H10Br2N/c1-6(2)11-4-7(9)3-8(10)5-11/h3-6H,1-2H3/q+1. The van der Waals surface area contributed by atoms with Gasteiger partial charge in [0.1, 0.15) is 0 Å². The maximum Gasteiger partial charge on any atom is 0.183 e. The van der Waals surface area contributed by atoms with Gasteiger partial charge in [-0.3, -0.25) is 0 Å². The van der Waals surface area contributed by atoms with E-state index in [2.05, 4.69) is 62.7 Å². The van der Waals surface area contributed by atoms with Gasteiger partial charge >= 0.3 is 0 Å². The van der Waals surface area contributed by atoms with Crippen molar-refractivity contribution in [2.45, 2.75) is 19.9 Å². The second-order valence-corrected chi connectivity index (χ2v) is 4.54. The Morgan fingerprint density at radius 1 is 1.18 bits per heavy atom. The molecule has 11 heavy (non-hydrogen) atoms. The Morgan fingerprint density at radius 3 is 2.00 bits per heavy atom. The van der Waals surface area contributed by atoms with Crippen LogP contribution in [0.15, 0.2) is 27.4 Å². The van der Waals surface area contributed by atoms with Gasteiger partial charge < -0.3 is 0 Å². The van der Waals surface area contributed by atoms with Gasteiger partial charge in [0.05, 0.1) is 8.95 Å². The summed E-state index contributed by atoms with van der Waals surface area (Å²) < 4.78 is 4.34. The Hall–Kier alpha value is 0.110. The molecule has 0 N–H and O–H groups in total.